The van der Waals surface area contributed by atoms with Crippen LogP contribution in [0.25, 0.3) is 0 Å². The molecule has 1 N–H and O–H groups in total. The number of benzene rings is 3. The molecule has 208 valence electrons. The van der Waals surface area contributed by atoms with Crippen LogP contribution in [0.1, 0.15) is 25.8 Å². The molecule has 0 fully saturated rings. The van der Waals surface area contributed by atoms with Gasteiger partial charge in [-0.2, -0.15) is 0 Å². The van der Waals surface area contributed by atoms with E-state index in [2.05, 4.69) is 21.2 Å². The number of rotatable bonds is 12. The zero-order valence-electron chi connectivity index (χ0n) is 21.9. The lowest BCUT2D eigenvalue weighted by molar-refractivity contribution is -0.139. The molecule has 0 saturated heterocycles. The first-order chi connectivity index (χ1) is 18.6. The van der Waals surface area contributed by atoms with Crippen molar-refractivity contribution < 1.29 is 22.7 Å². The van der Waals surface area contributed by atoms with Crippen molar-refractivity contribution in [3.63, 3.8) is 0 Å². The minimum absolute atomic E-state index is 0.0154. The highest BCUT2D eigenvalue weighted by Crippen LogP contribution is 2.27. The largest absolute Gasteiger partial charge is 0.497 e. The average Bonchev–Trinajstić information content (AvgIpc) is 2.93. The standard InChI is InChI=1S/C28H31BrClN3O5S/c1-4-16-31-28(35)20(2)32(18-21-6-5-7-22(29)17-21)27(34)19-33(24-10-8-23(30)9-11-24)39(36,37)26-14-12-25(38-3)13-15-26/h5-15,17,20H,4,16,18-19H2,1-3H3,(H,31,35). The van der Waals surface area contributed by atoms with Gasteiger partial charge in [0.1, 0.15) is 18.3 Å². The van der Waals surface area contributed by atoms with Gasteiger partial charge in [-0.15, -0.1) is 0 Å². The van der Waals surface area contributed by atoms with Gasteiger partial charge in [0.05, 0.1) is 17.7 Å². The lowest BCUT2D eigenvalue weighted by atomic mass is 10.1. The number of hydrogen-bond donors (Lipinski definition) is 1. The van der Waals surface area contributed by atoms with Gasteiger partial charge in [-0.25, -0.2) is 8.42 Å². The predicted molar refractivity (Wildman–Crippen MR) is 156 cm³/mol. The zero-order chi connectivity index (χ0) is 28.6. The first kappa shape index (κ1) is 30.5. The third-order valence-corrected chi connectivity index (χ3v) is 8.53. The van der Waals surface area contributed by atoms with E-state index in [4.69, 9.17) is 16.3 Å². The highest BCUT2D eigenvalue weighted by atomic mass is 79.9. The molecule has 0 heterocycles. The number of carbonyl (C=O) groups excluding carboxylic acids is 2. The van der Waals surface area contributed by atoms with Gasteiger partial charge < -0.3 is 15.0 Å². The van der Waals surface area contributed by atoms with Gasteiger partial charge in [0, 0.05) is 22.6 Å². The number of sulfonamides is 1. The fourth-order valence-electron chi connectivity index (χ4n) is 3.82. The van der Waals surface area contributed by atoms with Crippen LogP contribution in [0, 0.1) is 0 Å². The monoisotopic (exact) mass is 635 g/mol. The lowest BCUT2D eigenvalue weighted by Crippen LogP contribution is -2.51. The molecule has 0 spiro atoms. The van der Waals surface area contributed by atoms with Crippen LogP contribution in [-0.2, 0) is 26.2 Å². The molecule has 8 nitrogen and oxygen atoms in total. The van der Waals surface area contributed by atoms with E-state index in [0.29, 0.717) is 17.3 Å². The summed E-state index contributed by atoms with van der Waals surface area (Å²) in [6, 6.07) is 18.6. The Morgan fingerprint density at radius 1 is 1.05 bits per heavy atom. The average molecular weight is 637 g/mol. The smallest absolute Gasteiger partial charge is 0.264 e. The minimum Gasteiger partial charge on any atom is -0.497 e. The first-order valence-corrected chi connectivity index (χ1v) is 14.9. The summed E-state index contributed by atoms with van der Waals surface area (Å²) in [5.74, 6) is -0.368. The van der Waals surface area contributed by atoms with Crippen LogP contribution in [0.15, 0.2) is 82.2 Å². The van der Waals surface area contributed by atoms with E-state index in [1.54, 1.807) is 19.1 Å². The van der Waals surface area contributed by atoms with Gasteiger partial charge in [-0.1, -0.05) is 46.6 Å². The number of nitrogens with one attached hydrogen (secondary N) is 1. The van der Waals surface area contributed by atoms with E-state index in [1.165, 1.54) is 48.4 Å². The van der Waals surface area contributed by atoms with Crippen LogP contribution in [0.5, 0.6) is 5.75 Å². The Hall–Kier alpha value is -3.08. The number of methoxy groups -OCH3 is 1. The number of anilines is 1. The van der Waals surface area contributed by atoms with Gasteiger partial charge in [0.2, 0.25) is 11.8 Å². The van der Waals surface area contributed by atoms with E-state index in [0.717, 1.165) is 20.8 Å². The molecule has 3 aromatic carbocycles. The van der Waals surface area contributed by atoms with Gasteiger partial charge in [-0.3, -0.25) is 13.9 Å². The van der Waals surface area contributed by atoms with Crippen molar-refractivity contribution >= 4 is 55.1 Å². The Balaban J connectivity index is 2.01. The quantitative estimate of drug-likeness (QED) is 0.293. The summed E-state index contributed by atoms with van der Waals surface area (Å²) < 4.78 is 34.6. The Morgan fingerprint density at radius 3 is 2.31 bits per heavy atom. The molecule has 0 radical (unpaired) electrons. The second-order valence-corrected chi connectivity index (χ2v) is 12.0. The molecular formula is C28H31BrClN3O5S. The van der Waals surface area contributed by atoms with Crippen LogP contribution in [-0.4, -0.2) is 51.4 Å². The fourth-order valence-corrected chi connectivity index (χ4v) is 5.81. The van der Waals surface area contributed by atoms with E-state index < -0.39 is 28.5 Å². The lowest BCUT2D eigenvalue weighted by Gasteiger charge is -2.32. The molecule has 1 atom stereocenters. The third kappa shape index (κ3) is 7.97. The van der Waals surface area contributed by atoms with Crippen LogP contribution in [0.3, 0.4) is 0 Å². The summed E-state index contributed by atoms with van der Waals surface area (Å²) in [6.45, 7) is 3.60. The molecule has 1 unspecified atom stereocenters. The number of halogens is 2. The van der Waals surface area contributed by atoms with Crippen LogP contribution < -0.4 is 14.4 Å². The molecule has 0 aliphatic rings. The molecule has 0 bridgehead atoms. The maximum absolute atomic E-state index is 13.9. The van der Waals surface area contributed by atoms with Crippen LogP contribution in [0.4, 0.5) is 5.69 Å². The van der Waals surface area contributed by atoms with Gasteiger partial charge >= 0.3 is 0 Å². The van der Waals surface area contributed by atoms with Crippen LogP contribution in [0.2, 0.25) is 5.02 Å². The zero-order valence-corrected chi connectivity index (χ0v) is 25.1. The highest BCUT2D eigenvalue weighted by molar-refractivity contribution is 9.10. The van der Waals surface area contributed by atoms with Crippen molar-refractivity contribution in [3.8, 4) is 5.75 Å². The molecule has 0 aliphatic carbocycles. The number of hydrogen-bond acceptors (Lipinski definition) is 5. The van der Waals surface area contributed by atoms with Crippen molar-refractivity contribution in [1.29, 1.82) is 0 Å². The SMILES string of the molecule is CCCNC(=O)C(C)N(Cc1cccc(Br)c1)C(=O)CN(c1ccc(Cl)cc1)S(=O)(=O)c1ccc(OC)cc1. The van der Waals surface area contributed by atoms with E-state index in [-0.39, 0.29) is 23.0 Å². The molecule has 3 rings (SSSR count). The van der Waals surface area contributed by atoms with Crippen molar-refractivity contribution in [2.75, 3.05) is 24.5 Å². The Labute approximate surface area is 243 Å². The van der Waals surface area contributed by atoms with Gasteiger partial charge in [-0.05, 0) is 79.6 Å². The predicted octanol–water partition coefficient (Wildman–Crippen LogP) is 5.25. The number of ether oxygens (including phenoxy) is 1. The molecule has 0 aliphatic heterocycles. The highest BCUT2D eigenvalue weighted by Gasteiger charge is 2.32. The summed E-state index contributed by atoms with van der Waals surface area (Å²) in [7, 11) is -2.70. The minimum atomic E-state index is -4.18. The number of nitrogens with zero attached hydrogens (tertiary/aromatic N) is 2. The van der Waals surface area contributed by atoms with Crippen molar-refractivity contribution in [3.05, 3.63) is 87.9 Å². The Kier molecular flexibility index (Phi) is 10.8. The van der Waals surface area contributed by atoms with E-state index in [9.17, 15) is 18.0 Å². The Bertz CT molecular complexity index is 1390. The number of carbonyl (C=O) groups is 2. The van der Waals surface area contributed by atoms with Crippen molar-refractivity contribution in [1.82, 2.24) is 10.2 Å². The summed E-state index contributed by atoms with van der Waals surface area (Å²) in [4.78, 5) is 28.1. The molecule has 39 heavy (non-hydrogen) atoms. The van der Waals surface area contributed by atoms with Crippen LogP contribution >= 0.6 is 27.5 Å². The Morgan fingerprint density at radius 2 is 1.72 bits per heavy atom. The molecule has 11 heteroatoms. The summed E-state index contributed by atoms with van der Waals surface area (Å²) >= 11 is 9.49. The van der Waals surface area contributed by atoms with Gasteiger partial charge in [0.25, 0.3) is 10.0 Å². The van der Waals surface area contributed by atoms with Crippen molar-refractivity contribution in [2.24, 2.45) is 0 Å². The topological polar surface area (TPSA) is 96.0 Å². The van der Waals surface area contributed by atoms with E-state index >= 15 is 0 Å². The maximum atomic E-state index is 13.9. The molecule has 0 saturated carbocycles. The van der Waals surface area contributed by atoms with Gasteiger partial charge in [0.15, 0.2) is 0 Å². The second kappa shape index (κ2) is 13.8. The normalized spacial score (nSPS) is 11.9. The number of amides is 2. The van der Waals surface area contributed by atoms with Crippen molar-refractivity contribution in [2.45, 2.75) is 37.8 Å². The maximum Gasteiger partial charge on any atom is 0.264 e. The first-order valence-electron chi connectivity index (χ1n) is 12.3. The molecule has 2 amide bonds. The second-order valence-electron chi connectivity index (χ2n) is 8.78. The van der Waals surface area contributed by atoms with E-state index in [1.807, 2.05) is 31.2 Å². The molecule has 3 aromatic rings. The summed E-state index contributed by atoms with van der Waals surface area (Å²) in [5.41, 5.74) is 1.04. The summed E-state index contributed by atoms with van der Waals surface area (Å²) in [5, 5.41) is 3.24. The summed E-state index contributed by atoms with van der Waals surface area (Å²) in [6.07, 6.45) is 0.739. The third-order valence-electron chi connectivity index (χ3n) is 6.00. The molecular weight excluding hydrogens is 606 g/mol. The fraction of sp³-hybridized carbons (Fsp3) is 0.286. The molecule has 0 aromatic heterocycles.